The van der Waals surface area contributed by atoms with Crippen LogP contribution >= 0.6 is 23.1 Å². The second kappa shape index (κ2) is 7.14. The second-order valence-corrected chi connectivity index (χ2v) is 7.15. The molecule has 0 saturated carbocycles. The summed E-state index contributed by atoms with van der Waals surface area (Å²) >= 11 is 2.47. The maximum Gasteiger partial charge on any atom is 0.264 e. The van der Waals surface area contributed by atoms with Crippen LogP contribution in [0.2, 0.25) is 0 Å². The highest BCUT2D eigenvalue weighted by Crippen LogP contribution is 2.31. The Hall–Kier alpha value is -2.91. The van der Waals surface area contributed by atoms with Crippen LogP contribution in [0.25, 0.3) is 16.6 Å². The number of hydrogen-bond donors (Lipinski definition) is 1. The van der Waals surface area contributed by atoms with Gasteiger partial charge < -0.3 is 5.32 Å². The summed E-state index contributed by atoms with van der Waals surface area (Å²) in [6, 6.07) is 9.74. The van der Waals surface area contributed by atoms with E-state index < -0.39 is 0 Å². The molecule has 9 heteroatoms. The number of halogens is 1. The number of carbonyl (C=O) groups excluding carboxylic acids is 1. The molecule has 0 atom stereocenters. The Bertz CT molecular complexity index is 1030. The summed E-state index contributed by atoms with van der Waals surface area (Å²) in [7, 11) is 0. The van der Waals surface area contributed by atoms with Crippen molar-refractivity contribution in [3.63, 3.8) is 0 Å². The zero-order valence-electron chi connectivity index (χ0n) is 13.1. The first-order valence-electron chi connectivity index (χ1n) is 7.46. The van der Waals surface area contributed by atoms with E-state index in [1.165, 1.54) is 35.2 Å². The molecule has 0 radical (unpaired) electrons. The van der Waals surface area contributed by atoms with Crippen LogP contribution < -0.4 is 5.32 Å². The lowest BCUT2D eigenvalue weighted by molar-refractivity contribution is -0.115. The molecular formula is C17H10FN5OS2. The molecule has 1 fully saturated rings. The Labute approximate surface area is 155 Å². The lowest BCUT2D eigenvalue weighted by Gasteiger charge is -1.94. The summed E-state index contributed by atoms with van der Waals surface area (Å²) in [5.41, 5.74) is 1.46. The molecule has 0 aliphatic carbocycles. The molecule has 1 aliphatic heterocycles. The molecule has 0 bridgehead atoms. The van der Waals surface area contributed by atoms with E-state index in [1.807, 2.05) is 12.1 Å². The first kappa shape index (κ1) is 16.6. The Balaban J connectivity index is 1.54. The topological polar surface area (TPSA) is 80.1 Å². The number of carbonyl (C=O) groups is 1. The summed E-state index contributed by atoms with van der Waals surface area (Å²) in [5.74, 6) is -0.636. The second-order valence-electron chi connectivity index (χ2n) is 5.17. The van der Waals surface area contributed by atoms with Gasteiger partial charge in [-0.1, -0.05) is 23.5 Å². The molecule has 1 N–H and O–H groups in total. The molecule has 1 amide bonds. The van der Waals surface area contributed by atoms with Gasteiger partial charge in [-0.2, -0.15) is 4.99 Å². The predicted octanol–water partition coefficient (Wildman–Crippen LogP) is 3.63. The molecular weight excluding hydrogens is 373 g/mol. The third kappa shape index (κ3) is 3.68. The standard InChI is InChI=1S/C17H10FN5OS2/c18-12-5-1-3-10(7-12)8-13-14(24)20-16(25-13)21-17-23-22-15(26-17)11-4-2-6-19-9-11/h1-9H,(H,20,21,23,24)/b13-8-. The van der Waals surface area contributed by atoms with Crippen molar-refractivity contribution in [2.45, 2.75) is 0 Å². The smallest absolute Gasteiger partial charge is 0.264 e. The molecule has 3 aromatic rings. The van der Waals surface area contributed by atoms with Crippen LogP contribution in [0, 0.1) is 5.82 Å². The average Bonchev–Trinajstić information content (AvgIpc) is 3.23. The lowest BCUT2D eigenvalue weighted by Crippen LogP contribution is -2.19. The van der Waals surface area contributed by atoms with E-state index in [1.54, 1.807) is 30.6 Å². The van der Waals surface area contributed by atoms with Gasteiger partial charge in [0.15, 0.2) is 10.2 Å². The third-order valence-corrected chi connectivity index (χ3v) is 5.09. The monoisotopic (exact) mass is 383 g/mol. The minimum atomic E-state index is -0.353. The fraction of sp³-hybridized carbons (Fsp3) is 0. The van der Waals surface area contributed by atoms with Crippen molar-refractivity contribution < 1.29 is 9.18 Å². The van der Waals surface area contributed by atoms with Crippen LogP contribution in [-0.4, -0.2) is 26.3 Å². The number of aromatic nitrogens is 3. The minimum absolute atomic E-state index is 0.282. The van der Waals surface area contributed by atoms with Crippen LogP contribution in [0.3, 0.4) is 0 Å². The van der Waals surface area contributed by atoms with Gasteiger partial charge in [0.2, 0.25) is 5.13 Å². The SMILES string of the molecule is O=C1N/C(=N\c2nnc(-c3cccnc3)s2)S/C1=C\c1cccc(F)c1. The first-order valence-corrected chi connectivity index (χ1v) is 9.10. The van der Waals surface area contributed by atoms with Gasteiger partial charge in [0.05, 0.1) is 4.91 Å². The van der Waals surface area contributed by atoms with Gasteiger partial charge in [0.25, 0.3) is 5.91 Å². The van der Waals surface area contributed by atoms with E-state index >= 15 is 0 Å². The third-order valence-electron chi connectivity index (χ3n) is 3.32. The molecule has 4 rings (SSSR count). The van der Waals surface area contributed by atoms with Crippen molar-refractivity contribution in [2.75, 3.05) is 0 Å². The van der Waals surface area contributed by atoms with Crippen LogP contribution in [-0.2, 0) is 4.79 Å². The minimum Gasteiger partial charge on any atom is -0.300 e. The number of benzene rings is 1. The van der Waals surface area contributed by atoms with Crippen molar-refractivity contribution in [1.82, 2.24) is 20.5 Å². The number of hydrogen-bond acceptors (Lipinski definition) is 7. The summed E-state index contributed by atoms with van der Waals surface area (Å²) in [6.45, 7) is 0. The van der Waals surface area contributed by atoms with Gasteiger partial charge in [0.1, 0.15) is 5.82 Å². The Kier molecular flexibility index (Phi) is 4.55. The van der Waals surface area contributed by atoms with Gasteiger partial charge in [0, 0.05) is 18.0 Å². The van der Waals surface area contributed by atoms with Crippen molar-refractivity contribution >= 4 is 45.4 Å². The number of thioether (sulfide) groups is 1. The number of nitrogens with zero attached hydrogens (tertiary/aromatic N) is 4. The Morgan fingerprint density at radius 1 is 1.19 bits per heavy atom. The predicted molar refractivity (Wildman–Crippen MR) is 100 cm³/mol. The number of amidine groups is 1. The molecule has 1 aromatic carbocycles. The molecule has 26 heavy (non-hydrogen) atoms. The molecule has 6 nitrogen and oxygen atoms in total. The lowest BCUT2D eigenvalue weighted by atomic mass is 10.2. The maximum absolute atomic E-state index is 13.3. The summed E-state index contributed by atoms with van der Waals surface area (Å²) < 4.78 is 13.3. The van der Waals surface area contributed by atoms with Crippen molar-refractivity contribution in [2.24, 2.45) is 4.99 Å². The van der Waals surface area contributed by atoms with Crippen molar-refractivity contribution in [3.8, 4) is 10.6 Å². The molecule has 2 aromatic heterocycles. The molecule has 128 valence electrons. The number of aliphatic imine (C=N–C) groups is 1. The van der Waals surface area contributed by atoms with Gasteiger partial charge in [-0.3, -0.25) is 9.78 Å². The Morgan fingerprint density at radius 2 is 2.12 bits per heavy atom. The maximum atomic E-state index is 13.3. The highest BCUT2D eigenvalue weighted by molar-refractivity contribution is 8.18. The first-order chi connectivity index (χ1) is 12.7. The summed E-state index contributed by atoms with van der Waals surface area (Å²) in [5, 5.41) is 12.3. The highest BCUT2D eigenvalue weighted by Gasteiger charge is 2.24. The van der Waals surface area contributed by atoms with Crippen LogP contribution in [0.15, 0.2) is 58.7 Å². The van der Waals surface area contributed by atoms with Gasteiger partial charge in [-0.15, -0.1) is 10.2 Å². The van der Waals surface area contributed by atoms with Crippen molar-refractivity contribution in [1.29, 1.82) is 0 Å². The molecule has 1 aliphatic rings. The van der Waals surface area contributed by atoms with E-state index in [2.05, 4.69) is 25.5 Å². The van der Waals surface area contributed by atoms with Crippen LogP contribution in [0.1, 0.15) is 5.56 Å². The summed E-state index contributed by atoms with van der Waals surface area (Å²) in [4.78, 5) is 20.9. The number of nitrogens with one attached hydrogen (secondary N) is 1. The molecule has 3 heterocycles. The fourth-order valence-corrected chi connectivity index (χ4v) is 3.77. The Morgan fingerprint density at radius 3 is 2.92 bits per heavy atom. The summed E-state index contributed by atoms with van der Waals surface area (Å²) in [6.07, 6.45) is 5.00. The van der Waals surface area contributed by atoms with E-state index in [0.29, 0.717) is 25.8 Å². The van der Waals surface area contributed by atoms with Gasteiger partial charge in [-0.05, 0) is 47.7 Å². The fourth-order valence-electron chi connectivity index (χ4n) is 2.18. The number of amides is 1. The molecule has 0 unspecified atom stereocenters. The normalized spacial score (nSPS) is 17.0. The van der Waals surface area contributed by atoms with Crippen molar-refractivity contribution in [3.05, 3.63) is 65.1 Å². The van der Waals surface area contributed by atoms with Gasteiger partial charge in [-0.25, -0.2) is 4.39 Å². The van der Waals surface area contributed by atoms with E-state index in [9.17, 15) is 9.18 Å². The zero-order valence-corrected chi connectivity index (χ0v) is 14.7. The largest absolute Gasteiger partial charge is 0.300 e. The van der Waals surface area contributed by atoms with Crippen LogP contribution in [0.5, 0.6) is 0 Å². The van der Waals surface area contributed by atoms with E-state index in [0.717, 1.165) is 5.56 Å². The highest BCUT2D eigenvalue weighted by atomic mass is 32.2. The average molecular weight is 383 g/mol. The molecule has 1 saturated heterocycles. The zero-order chi connectivity index (χ0) is 17.9. The number of pyridine rings is 1. The van der Waals surface area contributed by atoms with Crippen LogP contribution in [0.4, 0.5) is 9.52 Å². The van der Waals surface area contributed by atoms with E-state index in [4.69, 9.17) is 0 Å². The quantitative estimate of drug-likeness (QED) is 0.699. The number of rotatable bonds is 3. The molecule has 0 spiro atoms. The van der Waals surface area contributed by atoms with Gasteiger partial charge >= 0.3 is 0 Å². The van der Waals surface area contributed by atoms with E-state index in [-0.39, 0.29) is 11.7 Å².